The quantitative estimate of drug-likeness (QED) is 0.615. The van der Waals surface area contributed by atoms with Crippen molar-refractivity contribution in [2.45, 2.75) is 63.8 Å². The maximum atomic E-state index is 12.4. The molecule has 4 rings (SSSR count). The summed E-state index contributed by atoms with van der Waals surface area (Å²) in [4.78, 5) is 23.9. The molecule has 6 nitrogen and oxygen atoms in total. The smallest absolute Gasteiger partial charge is 0.251 e. The van der Waals surface area contributed by atoms with Gasteiger partial charge in [0.2, 0.25) is 5.95 Å². The fourth-order valence-corrected chi connectivity index (χ4v) is 4.58. The number of hydrogen-bond donors (Lipinski definition) is 2. The number of carbonyl (C=O) groups is 1. The van der Waals surface area contributed by atoms with Crippen molar-refractivity contribution in [1.82, 2.24) is 20.2 Å². The number of piperidine rings is 1. The molecular formula is C25H35N5O. The van der Waals surface area contributed by atoms with Gasteiger partial charge in [-0.3, -0.25) is 4.79 Å². The minimum Gasteiger partial charge on any atom is -0.352 e. The summed E-state index contributed by atoms with van der Waals surface area (Å²) >= 11 is 0. The Balaban J connectivity index is 1.23. The normalized spacial score (nSPS) is 17.9. The number of likely N-dealkylation sites (tertiary alicyclic amines) is 1. The maximum absolute atomic E-state index is 12.4. The summed E-state index contributed by atoms with van der Waals surface area (Å²) in [6.07, 6.45) is 15.0. The summed E-state index contributed by atoms with van der Waals surface area (Å²) in [6.45, 7) is 4.21. The van der Waals surface area contributed by atoms with Crippen LogP contribution < -0.4 is 10.6 Å². The van der Waals surface area contributed by atoms with Gasteiger partial charge in [-0.15, -0.1) is 0 Å². The van der Waals surface area contributed by atoms with Crippen molar-refractivity contribution in [3.63, 3.8) is 0 Å². The predicted octanol–water partition coefficient (Wildman–Crippen LogP) is 4.49. The number of aromatic nitrogens is 2. The molecule has 2 heterocycles. The first kappa shape index (κ1) is 21.8. The van der Waals surface area contributed by atoms with Gasteiger partial charge in [-0.25, -0.2) is 9.97 Å². The standard InChI is InChI=1S/C25H35N5O/c31-24(26-14-7-17-30-15-5-2-6-16-30)21-12-10-20(11-13-21)22-18-27-25(28-19-22)29-23-8-3-1-4-9-23/h10-13,18-19,23H,1-9,14-17H2,(H,26,31)(H,27,28,29). The molecule has 2 aliphatic rings. The zero-order valence-corrected chi connectivity index (χ0v) is 18.5. The highest BCUT2D eigenvalue weighted by Crippen LogP contribution is 2.22. The van der Waals surface area contributed by atoms with E-state index in [-0.39, 0.29) is 5.91 Å². The average Bonchev–Trinajstić information content (AvgIpc) is 2.84. The SMILES string of the molecule is O=C(NCCCN1CCCCC1)c1ccc(-c2cnc(NC3CCCCC3)nc2)cc1. The Bertz CT molecular complexity index is 809. The zero-order valence-electron chi connectivity index (χ0n) is 18.5. The van der Waals surface area contributed by atoms with Crippen molar-refractivity contribution in [2.24, 2.45) is 0 Å². The molecular weight excluding hydrogens is 386 g/mol. The van der Waals surface area contributed by atoms with E-state index < -0.39 is 0 Å². The molecule has 1 saturated heterocycles. The number of nitrogens with one attached hydrogen (secondary N) is 2. The van der Waals surface area contributed by atoms with Crippen LogP contribution in [0.4, 0.5) is 5.95 Å². The van der Waals surface area contributed by atoms with Crippen molar-refractivity contribution < 1.29 is 4.79 Å². The van der Waals surface area contributed by atoms with Crippen molar-refractivity contribution in [3.8, 4) is 11.1 Å². The minimum atomic E-state index is -0.00604. The van der Waals surface area contributed by atoms with E-state index in [0.717, 1.165) is 30.6 Å². The molecule has 0 bridgehead atoms. The average molecular weight is 422 g/mol. The van der Waals surface area contributed by atoms with Gasteiger partial charge < -0.3 is 15.5 Å². The van der Waals surface area contributed by atoms with Crippen molar-refractivity contribution in [3.05, 3.63) is 42.2 Å². The van der Waals surface area contributed by atoms with E-state index in [0.29, 0.717) is 17.6 Å². The Hall–Kier alpha value is -2.47. The van der Waals surface area contributed by atoms with Crippen LogP contribution in [0.3, 0.4) is 0 Å². The highest BCUT2D eigenvalue weighted by molar-refractivity contribution is 5.94. The molecule has 0 spiro atoms. The summed E-state index contributed by atoms with van der Waals surface area (Å²) in [5.41, 5.74) is 2.67. The topological polar surface area (TPSA) is 70.2 Å². The summed E-state index contributed by atoms with van der Waals surface area (Å²) < 4.78 is 0. The Labute approximate surface area is 185 Å². The summed E-state index contributed by atoms with van der Waals surface area (Å²) in [6, 6.07) is 8.19. The highest BCUT2D eigenvalue weighted by atomic mass is 16.1. The zero-order chi connectivity index (χ0) is 21.3. The van der Waals surface area contributed by atoms with Gasteiger partial charge in [-0.1, -0.05) is 37.8 Å². The van der Waals surface area contributed by atoms with Crippen LogP contribution in [0.1, 0.15) is 68.1 Å². The van der Waals surface area contributed by atoms with Crippen LogP contribution in [-0.4, -0.2) is 53.0 Å². The summed E-state index contributed by atoms with van der Waals surface area (Å²) in [7, 11) is 0. The van der Waals surface area contributed by atoms with Crippen LogP contribution in [0.2, 0.25) is 0 Å². The van der Waals surface area contributed by atoms with Gasteiger partial charge in [0.25, 0.3) is 5.91 Å². The molecule has 1 amide bonds. The van der Waals surface area contributed by atoms with Crippen molar-refractivity contribution >= 4 is 11.9 Å². The molecule has 2 N–H and O–H groups in total. The molecule has 2 aromatic rings. The van der Waals surface area contributed by atoms with E-state index in [1.807, 2.05) is 36.7 Å². The second-order valence-corrected chi connectivity index (χ2v) is 8.86. The van der Waals surface area contributed by atoms with Gasteiger partial charge >= 0.3 is 0 Å². The third kappa shape index (κ3) is 6.50. The van der Waals surface area contributed by atoms with Crippen LogP contribution in [0.15, 0.2) is 36.7 Å². The number of nitrogens with zero attached hydrogens (tertiary/aromatic N) is 3. The molecule has 1 aromatic heterocycles. The lowest BCUT2D eigenvalue weighted by Crippen LogP contribution is -2.33. The second kappa shape index (κ2) is 11.2. The van der Waals surface area contributed by atoms with E-state index in [9.17, 15) is 4.79 Å². The number of amides is 1. The molecule has 1 saturated carbocycles. The van der Waals surface area contributed by atoms with Gasteiger partial charge in [0, 0.05) is 36.1 Å². The van der Waals surface area contributed by atoms with Gasteiger partial charge in [-0.2, -0.15) is 0 Å². The number of carbonyl (C=O) groups excluding carboxylic acids is 1. The maximum Gasteiger partial charge on any atom is 0.251 e. The first-order chi connectivity index (χ1) is 15.3. The largest absolute Gasteiger partial charge is 0.352 e. The van der Waals surface area contributed by atoms with Crippen LogP contribution >= 0.6 is 0 Å². The first-order valence-corrected chi connectivity index (χ1v) is 12.0. The summed E-state index contributed by atoms with van der Waals surface area (Å²) in [5, 5.41) is 6.50. The predicted molar refractivity (Wildman–Crippen MR) is 125 cm³/mol. The number of anilines is 1. The van der Waals surface area contributed by atoms with Gasteiger partial charge in [0.05, 0.1) is 0 Å². The molecule has 0 radical (unpaired) electrons. The lowest BCUT2D eigenvalue weighted by Gasteiger charge is -2.26. The van der Waals surface area contributed by atoms with Gasteiger partial charge in [0.1, 0.15) is 0 Å². The molecule has 166 valence electrons. The van der Waals surface area contributed by atoms with Crippen molar-refractivity contribution in [2.75, 3.05) is 31.5 Å². The molecule has 1 aliphatic carbocycles. The van der Waals surface area contributed by atoms with E-state index in [2.05, 4.69) is 25.5 Å². The first-order valence-electron chi connectivity index (χ1n) is 12.0. The van der Waals surface area contributed by atoms with E-state index in [1.54, 1.807) is 0 Å². The Morgan fingerprint density at radius 1 is 0.903 bits per heavy atom. The lowest BCUT2D eigenvalue weighted by molar-refractivity contribution is 0.0951. The van der Waals surface area contributed by atoms with Crippen LogP contribution in [0.25, 0.3) is 11.1 Å². The third-order valence-corrected chi connectivity index (χ3v) is 6.46. The second-order valence-electron chi connectivity index (χ2n) is 8.86. The Kier molecular flexibility index (Phi) is 7.88. The van der Waals surface area contributed by atoms with E-state index in [4.69, 9.17) is 0 Å². The monoisotopic (exact) mass is 421 g/mol. The fraction of sp³-hybridized carbons (Fsp3) is 0.560. The Morgan fingerprint density at radius 3 is 2.29 bits per heavy atom. The van der Waals surface area contributed by atoms with Crippen LogP contribution in [0.5, 0.6) is 0 Å². The molecule has 1 aliphatic heterocycles. The molecule has 0 atom stereocenters. The summed E-state index contributed by atoms with van der Waals surface area (Å²) in [5.74, 6) is 0.699. The van der Waals surface area contributed by atoms with Crippen LogP contribution in [-0.2, 0) is 0 Å². The van der Waals surface area contributed by atoms with E-state index >= 15 is 0 Å². The molecule has 0 unspecified atom stereocenters. The Morgan fingerprint density at radius 2 is 1.58 bits per heavy atom. The fourth-order valence-electron chi connectivity index (χ4n) is 4.58. The minimum absolute atomic E-state index is 0.00604. The molecule has 31 heavy (non-hydrogen) atoms. The molecule has 6 heteroatoms. The van der Waals surface area contributed by atoms with Crippen molar-refractivity contribution in [1.29, 1.82) is 0 Å². The lowest BCUT2D eigenvalue weighted by atomic mass is 9.96. The third-order valence-electron chi connectivity index (χ3n) is 6.46. The van der Waals surface area contributed by atoms with Gasteiger partial charge in [-0.05, 0) is 69.4 Å². The number of benzene rings is 1. The van der Waals surface area contributed by atoms with Gasteiger partial charge in [0.15, 0.2) is 0 Å². The number of rotatable bonds is 8. The van der Waals surface area contributed by atoms with Crippen LogP contribution in [0, 0.1) is 0 Å². The van der Waals surface area contributed by atoms with E-state index in [1.165, 1.54) is 64.5 Å². The highest BCUT2D eigenvalue weighted by Gasteiger charge is 2.14. The molecule has 1 aromatic carbocycles. The number of hydrogen-bond acceptors (Lipinski definition) is 5. The molecule has 2 fully saturated rings.